The third kappa shape index (κ3) is 2.50. The van der Waals surface area contributed by atoms with Crippen molar-refractivity contribution < 1.29 is 23.4 Å². The zero-order valence-electron chi connectivity index (χ0n) is 13.0. The molecule has 3 rings (SSSR count). The molecule has 118 valence electrons. The second-order valence-electron chi connectivity index (χ2n) is 5.63. The number of hydrogen-bond donors (Lipinski definition) is 0. The molecule has 0 aliphatic carbocycles. The van der Waals surface area contributed by atoms with Gasteiger partial charge >= 0.3 is 5.63 Å². The zero-order valence-corrected chi connectivity index (χ0v) is 13.0. The third-order valence-corrected chi connectivity index (χ3v) is 3.77. The Morgan fingerprint density at radius 3 is 2.50 bits per heavy atom. The van der Waals surface area contributed by atoms with Gasteiger partial charge in [0.15, 0.2) is 11.3 Å². The Morgan fingerprint density at radius 2 is 1.91 bits per heavy atom. The van der Waals surface area contributed by atoms with Gasteiger partial charge in [-0.3, -0.25) is 0 Å². The lowest BCUT2D eigenvalue weighted by atomic mass is 10.1. The molecule has 0 spiro atoms. The van der Waals surface area contributed by atoms with Crippen molar-refractivity contribution in [3.05, 3.63) is 28.6 Å². The number of ether oxygens (including phenoxy) is 4. The van der Waals surface area contributed by atoms with Gasteiger partial charge in [0.25, 0.3) is 0 Å². The molecule has 2 heterocycles. The monoisotopic (exact) mass is 306 g/mol. The van der Waals surface area contributed by atoms with E-state index in [-0.39, 0.29) is 11.7 Å². The summed E-state index contributed by atoms with van der Waals surface area (Å²) in [5.41, 5.74) is -0.309. The summed E-state index contributed by atoms with van der Waals surface area (Å²) in [6.45, 7) is 4.43. The molecule has 1 aromatic heterocycles. The molecule has 22 heavy (non-hydrogen) atoms. The highest BCUT2D eigenvalue weighted by molar-refractivity contribution is 5.91. The van der Waals surface area contributed by atoms with E-state index in [0.29, 0.717) is 34.8 Å². The standard InChI is InChI=1S/C16H18O6/c1-16(2)12(22-16)8-20-10-7-11(18-3)15(19-4)14-9(10)5-6-13(17)21-14/h5-7,12H,8H2,1-4H3/t12-/m1/s1. The van der Waals surface area contributed by atoms with Crippen LogP contribution in [0.2, 0.25) is 0 Å². The van der Waals surface area contributed by atoms with Gasteiger partial charge < -0.3 is 23.4 Å². The Hall–Kier alpha value is -2.21. The molecule has 1 aromatic carbocycles. The van der Waals surface area contributed by atoms with E-state index in [4.69, 9.17) is 23.4 Å². The Labute approximate surface area is 127 Å². The maximum Gasteiger partial charge on any atom is 0.336 e. The third-order valence-electron chi connectivity index (χ3n) is 3.77. The number of hydrogen-bond acceptors (Lipinski definition) is 6. The summed E-state index contributed by atoms with van der Waals surface area (Å²) in [5, 5.41) is 0.649. The van der Waals surface area contributed by atoms with Gasteiger partial charge in [-0.05, 0) is 19.9 Å². The van der Waals surface area contributed by atoms with Gasteiger partial charge in [-0.15, -0.1) is 0 Å². The first-order valence-electron chi connectivity index (χ1n) is 6.95. The highest BCUT2D eigenvalue weighted by Gasteiger charge is 2.48. The van der Waals surface area contributed by atoms with E-state index in [1.165, 1.54) is 20.3 Å². The second kappa shape index (κ2) is 5.21. The lowest BCUT2D eigenvalue weighted by Gasteiger charge is -2.14. The molecule has 1 fully saturated rings. The topological polar surface area (TPSA) is 70.4 Å². The molecule has 1 aliphatic rings. The lowest BCUT2D eigenvalue weighted by Crippen LogP contribution is -2.12. The molecule has 6 nitrogen and oxygen atoms in total. The van der Waals surface area contributed by atoms with Crippen LogP contribution in [0.5, 0.6) is 17.2 Å². The van der Waals surface area contributed by atoms with Crippen molar-refractivity contribution in [3.63, 3.8) is 0 Å². The van der Waals surface area contributed by atoms with Crippen molar-refractivity contribution in [1.29, 1.82) is 0 Å². The Bertz CT molecular complexity index is 761. The molecule has 0 N–H and O–H groups in total. The second-order valence-corrected chi connectivity index (χ2v) is 5.63. The SMILES string of the molecule is COc1cc(OC[C@H]2OC2(C)C)c2ccc(=O)oc2c1OC. The van der Waals surface area contributed by atoms with Gasteiger partial charge in [0.2, 0.25) is 5.75 Å². The molecule has 6 heteroatoms. The van der Waals surface area contributed by atoms with Crippen molar-refractivity contribution in [2.24, 2.45) is 0 Å². The summed E-state index contributed by atoms with van der Waals surface area (Å²) in [6.07, 6.45) is 0.0476. The highest BCUT2D eigenvalue weighted by Crippen LogP contribution is 2.42. The summed E-state index contributed by atoms with van der Waals surface area (Å²) in [5.74, 6) is 1.36. The predicted molar refractivity (Wildman–Crippen MR) is 80.0 cm³/mol. The van der Waals surface area contributed by atoms with Gasteiger partial charge in [0.05, 0.1) is 25.2 Å². The van der Waals surface area contributed by atoms with Crippen LogP contribution in [0.15, 0.2) is 27.4 Å². The van der Waals surface area contributed by atoms with E-state index in [0.717, 1.165) is 0 Å². The molecule has 0 saturated carbocycles. The minimum Gasteiger partial charge on any atom is -0.493 e. The highest BCUT2D eigenvalue weighted by atomic mass is 16.6. The maximum atomic E-state index is 11.5. The van der Waals surface area contributed by atoms with E-state index < -0.39 is 5.63 Å². The first-order chi connectivity index (χ1) is 10.5. The van der Waals surface area contributed by atoms with Crippen LogP contribution in [0.1, 0.15) is 13.8 Å². The van der Waals surface area contributed by atoms with E-state index >= 15 is 0 Å². The fourth-order valence-corrected chi connectivity index (χ4v) is 2.35. The zero-order chi connectivity index (χ0) is 15.9. The largest absolute Gasteiger partial charge is 0.493 e. The van der Waals surface area contributed by atoms with Gasteiger partial charge in [-0.1, -0.05) is 0 Å². The summed E-state index contributed by atoms with van der Waals surface area (Å²) in [4.78, 5) is 11.5. The lowest BCUT2D eigenvalue weighted by molar-refractivity contribution is 0.254. The Kier molecular flexibility index (Phi) is 3.48. The average Bonchev–Trinajstić information content (AvgIpc) is 3.10. The van der Waals surface area contributed by atoms with E-state index in [9.17, 15) is 4.79 Å². The molecule has 1 saturated heterocycles. The average molecular weight is 306 g/mol. The van der Waals surface area contributed by atoms with Crippen LogP contribution >= 0.6 is 0 Å². The summed E-state index contributed by atoms with van der Waals surface area (Å²) >= 11 is 0. The van der Waals surface area contributed by atoms with Crippen molar-refractivity contribution in [2.45, 2.75) is 25.6 Å². The van der Waals surface area contributed by atoms with Crippen LogP contribution in [-0.4, -0.2) is 32.5 Å². The Balaban J connectivity index is 2.03. The Morgan fingerprint density at radius 1 is 1.18 bits per heavy atom. The maximum absolute atomic E-state index is 11.5. The molecular formula is C16H18O6. The fourth-order valence-electron chi connectivity index (χ4n) is 2.35. The number of benzene rings is 1. The molecular weight excluding hydrogens is 288 g/mol. The summed E-state index contributed by atoms with van der Waals surface area (Å²) in [6, 6.07) is 4.71. The number of epoxide rings is 1. The smallest absolute Gasteiger partial charge is 0.336 e. The van der Waals surface area contributed by atoms with E-state index in [1.807, 2.05) is 13.8 Å². The van der Waals surface area contributed by atoms with Crippen LogP contribution in [0, 0.1) is 0 Å². The van der Waals surface area contributed by atoms with E-state index in [2.05, 4.69) is 0 Å². The van der Waals surface area contributed by atoms with Gasteiger partial charge in [0, 0.05) is 12.1 Å². The van der Waals surface area contributed by atoms with Crippen LogP contribution in [0.3, 0.4) is 0 Å². The van der Waals surface area contributed by atoms with Gasteiger partial charge in [-0.25, -0.2) is 4.79 Å². The molecule has 2 aromatic rings. The number of fused-ring (bicyclic) bond motifs is 1. The minimum absolute atomic E-state index is 0.0476. The molecule has 0 unspecified atom stereocenters. The normalized spacial score (nSPS) is 19.0. The minimum atomic E-state index is -0.461. The quantitative estimate of drug-likeness (QED) is 0.624. The van der Waals surface area contributed by atoms with Crippen molar-refractivity contribution in [3.8, 4) is 17.2 Å². The van der Waals surface area contributed by atoms with Crippen LogP contribution in [-0.2, 0) is 4.74 Å². The van der Waals surface area contributed by atoms with Gasteiger partial charge in [-0.2, -0.15) is 0 Å². The molecule has 1 atom stereocenters. The van der Waals surface area contributed by atoms with Crippen molar-refractivity contribution in [2.75, 3.05) is 20.8 Å². The summed E-state index contributed by atoms with van der Waals surface area (Å²) < 4.78 is 27.2. The van der Waals surface area contributed by atoms with Crippen LogP contribution in [0.4, 0.5) is 0 Å². The number of methoxy groups -OCH3 is 2. The first kappa shape index (κ1) is 14.7. The predicted octanol–water partition coefficient (Wildman–Crippen LogP) is 2.37. The summed E-state index contributed by atoms with van der Waals surface area (Å²) in [7, 11) is 3.01. The fraction of sp³-hybridized carbons (Fsp3) is 0.438. The molecule has 0 radical (unpaired) electrons. The molecule has 0 amide bonds. The molecule has 0 bridgehead atoms. The molecule has 1 aliphatic heterocycles. The first-order valence-corrected chi connectivity index (χ1v) is 6.95. The van der Waals surface area contributed by atoms with Crippen molar-refractivity contribution in [1.82, 2.24) is 0 Å². The van der Waals surface area contributed by atoms with Gasteiger partial charge in [0.1, 0.15) is 18.5 Å². The number of rotatable bonds is 5. The van der Waals surface area contributed by atoms with Crippen LogP contribution in [0.25, 0.3) is 11.0 Å². The van der Waals surface area contributed by atoms with Crippen LogP contribution < -0.4 is 19.8 Å². The van der Waals surface area contributed by atoms with E-state index in [1.54, 1.807) is 12.1 Å². The van der Waals surface area contributed by atoms with Crippen molar-refractivity contribution >= 4 is 11.0 Å².